The molecule has 1 aromatic rings. The molecule has 0 aliphatic rings. The second-order valence-electron chi connectivity index (χ2n) is 5.48. The number of hydrogen-bond donors (Lipinski definition) is 2. The second kappa shape index (κ2) is 5.72. The van der Waals surface area contributed by atoms with Crippen molar-refractivity contribution in [3.8, 4) is 0 Å². The lowest BCUT2D eigenvalue weighted by Crippen LogP contribution is -2.33. The van der Waals surface area contributed by atoms with Gasteiger partial charge in [-0.05, 0) is 51.3 Å². The zero-order valence-corrected chi connectivity index (χ0v) is 12.2. The highest BCUT2D eigenvalue weighted by Crippen LogP contribution is 2.27. The molecule has 0 saturated carbocycles. The number of benzene rings is 1. The molecular weight excluding hydrogens is 248 g/mol. The van der Waals surface area contributed by atoms with Crippen LogP contribution in [0.3, 0.4) is 0 Å². The molecule has 100 valence electrons. The molecule has 0 heterocycles. The number of rotatable bonds is 4. The minimum atomic E-state index is -0.330. The van der Waals surface area contributed by atoms with E-state index in [0.29, 0.717) is 23.6 Å². The van der Waals surface area contributed by atoms with Crippen LogP contribution in [0.25, 0.3) is 0 Å². The summed E-state index contributed by atoms with van der Waals surface area (Å²) in [5.74, 6) is -0.0534. The van der Waals surface area contributed by atoms with E-state index in [4.69, 9.17) is 17.3 Å². The van der Waals surface area contributed by atoms with Gasteiger partial charge in [-0.2, -0.15) is 0 Å². The maximum absolute atomic E-state index is 11.8. The molecule has 0 aliphatic heterocycles. The van der Waals surface area contributed by atoms with E-state index >= 15 is 0 Å². The molecule has 0 spiro atoms. The average Bonchev–Trinajstić information content (AvgIpc) is 2.19. The van der Waals surface area contributed by atoms with E-state index in [1.165, 1.54) is 0 Å². The van der Waals surface area contributed by atoms with E-state index in [1.54, 1.807) is 0 Å². The molecule has 1 amide bonds. The van der Waals surface area contributed by atoms with Crippen molar-refractivity contribution in [2.24, 2.45) is 5.73 Å². The van der Waals surface area contributed by atoms with Gasteiger partial charge in [0.25, 0.3) is 0 Å². The molecule has 3 N–H and O–H groups in total. The first-order chi connectivity index (χ1) is 8.19. The molecule has 1 rings (SSSR count). The average molecular weight is 269 g/mol. The Balaban J connectivity index is 2.71. The summed E-state index contributed by atoms with van der Waals surface area (Å²) in [5, 5.41) is 3.43. The van der Waals surface area contributed by atoms with Crippen LogP contribution in [0.15, 0.2) is 12.1 Å². The van der Waals surface area contributed by atoms with Gasteiger partial charge in [-0.1, -0.05) is 17.7 Å². The molecule has 0 saturated heterocycles. The van der Waals surface area contributed by atoms with E-state index in [9.17, 15) is 4.79 Å². The summed E-state index contributed by atoms with van der Waals surface area (Å²) < 4.78 is 0. The lowest BCUT2D eigenvalue weighted by molar-refractivity contribution is -0.116. The lowest BCUT2D eigenvalue weighted by atomic mass is 10.00. The van der Waals surface area contributed by atoms with Crippen molar-refractivity contribution >= 4 is 23.2 Å². The predicted octanol–water partition coefficient (Wildman–Crippen LogP) is 3.41. The molecule has 1 aromatic carbocycles. The van der Waals surface area contributed by atoms with Crippen LogP contribution >= 0.6 is 11.6 Å². The number of nitrogens with two attached hydrogens (primary N) is 1. The Kier molecular flexibility index (Phi) is 4.77. The molecule has 0 atom stereocenters. The number of amides is 1. The Bertz CT molecular complexity index is 427. The smallest absolute Gasteiger partial charge is 0.224 e. The van der Waals surface area contributed by atoms with Crippen molar-refractivity contribution in [1.29, 1.82) is 0 Å². The van der Waals surface area contributed by atoms with E-state index in [-0.39, 0.29) is 11.4 Å². The molecule has 3 nitrogen and oxygen atoms in total. The maximum Gasteiger partial charge on any atom is 0.224 e. The van der Waals surface area contributed by atoms with Crippen molar-refractivity contribution in [2.75, 3.05) is 5.32 Å². The van der Waals surface area contributed by atoms with Gasteiger partial charge in [0.15, 0.2) is 0 Å². The zero-order valence-electron chi connectivity index (χ0n) is 11.4. The Morgan fingerprint density at radius 3 is 2.50 bits per heavy atom. The Hall–Kier alpha value is -1.06. The van der Waals surface area contributed by atoms with Crippen LogP contribution in [0.5, 0.6) is 0 Å². The summed E-state index contributed by atoms with van der Waals surface area (Å²) in [6, 6.07) is 3.84. The predicted molar refractivity (Wildman–Crippen MR) is 77.1 cm³/mol. The standard InChI is InChI=1S/C14H21ClN2O/c1-9-7-10(2)13(11(15)8-9)17-12(18)5-6-14(3,4)16/h7-8H,5-6,16H2,1-4H3,(H,17,18). The molecule has 4 heteroatoms. The monoisotopic (exact) mass is 268 g/mol. The number of carbonyl (C=O) groups excluding carboxylic acids is 1. The Morgan fingerprint density at radius 1 is 1.39 bits per heavy atom. The number of halogens is 1. The van der Waals surface area contributed by atoms with Crippen LogP contribution in [0.2, 0.25) is 5.02 Å². The maximum atomic E-state index is 11.8. The zero-order chi connectivity index (χ0) is 13.9. The Labute approximate surface area is 114 Å². The summed E-state index contributed by atoms with van der Waals surface area (Å²) in [7, 11) is 0. The lowest BCUT2D eigenvalue weighted by Gasteiger charge is -2.18. The number of nitrogens with one attached hydrogen (secondary N) is 1. The molecule has 0 radical (unpaired) electrons. The van der Waals surface area contributed by atoms with Crippen molar-refractivity contribution in [3.63, 3.8) is 0 Å². The molecule has 0 bridgehead atoms. The van der Waals surface area contributed by atoms with Gasteiger partial charge in [0.2, 0.25) is 5.91 Å². The summed E-state index contributed by atoms with van der Waals surface area (Å²) in [4.78, 5) is 11.8. The summed E-state index contributed by atoms with van der Waals surface area (Å²) >= 11 is 6.13. The van der Waals surface area contributed by atoms with Gasteiger partial charge < -0.3 is 11.1 Å². The quantitative estimate of drug-likeness (QED) is 0.879. The van der Waals surface area contributed by atoms with Gasteiger partial charge in [0, 0.05) is 12.0 Å². The van der Waals surface area contributed by atoms with Gasteiger partial charge in [-0.3, -0.25) is 4.79 Å². The van der Waals surface area contributed by atoms with Crippen LogP contribution in [-0.2, 0) is 4.79 Å². The minimum Gasteiger partial charge on any atom is -0.326 e. The van der Waals surface area contributed by atoms with Gasteiger partial charge in [-0.15, -0.1) is 0 Å². The summed E-state index contributed by atoms with van der Waals surface area (Å²) in [6.45, 7) is 7.72. The van der Waals surface area contributed by atoms with Gasteiger partial charge in [0.1, 0.15) is 0 Å². The molecule has 0 unspecified atom stereocenters. The molecule has 0 fully saturated rings. The van der Waals surface area contributed by atoms with E-state index in [1.807, 2.05) is 39.8 Å². The van der Waals surface area contributed by atoms with Crippen molar-refractivity contribution in [2.45, 2.75) is 46.1 Å². The van der Waals surface area contributed by atoms with Gasteiger partial charge >= 0.3 is 0 Å². The minimum absolute atomic E-state index is 0.0534. The van der Waals surface area contributed by atoms with Gasteiger partial charge in [0.05, 0.1) is 10.7 Å². The fourth-order valence-corrected chi connectivity index (χ4v) is 2.08. The number of anilines is 1. The molecular formula is C14H21ClN2O. The molecule has 0 aliphatic carbocycles. The highest BCUT2D eigenvalue weighted by molar-refractivity contribution is 6.34. The number of carbonyl (C=O) groups is 1. The summed E-state index contributed by atoms with van der Waals surface area (Å²) in [6.07, 6.45) is 1.04. The highest BCUT2D eigenvalue weighted by Gasteiger charge is 2.14. The SMILES string of the molecule is Cc1cc(C)c(NC(=O)CCC(C)(C)N)c(Cl)c1. The number of aryl methyl sites for hydroxylation is 2. The fraction of sp³-hybridized carbons (Fsp3) is 0.500. The van der Waals surface area contributed by atoms with E-state index < -0.39 is 0 Å². The first-order valence-electron chi connectivity index (χ1n) is 6.04. The third kappa shape index (κ3) is 4.67. The third-order valence-corrected chi connectivity index (χ3v) is 2.99. The third-order valence-electron chi connectivity index (χ3n) is 2.69. The van der Waals surface area contributed by atoms with E-state index in [0.717, 1.165) is 11.1 Å². The summed E-state index contributed by atoms with van der Waals surface area (Å²) in [5.41, 5.74) is 8.27. The Morgan fingerprint density at radius 2 is 2.00 bits per heavy atom. The van der Waals surface area contributed by atoms with Crippen molar-refractivity contribution in [1.82, 2.24) is 0 Å². The number of hydrogen-bond acceptors (Lipinski definition) is 2. The van der Waals surface area contributed by atoms with Crippen LogP contribution in [0, 0.1) is 13.8 Å². The van der Waals surface area contributed by atoms with Crippen LogP contribution in [0.1, 0.15) is 37.8 Å². The van der Waals surface area contributed by atoms with Crippen LogP contribution in [-0.4, -0.2) is 11.4 Å². The van der Waals surface area contributed by atoms with Crippen LogP contribution in [0.4, 0.5) is 5.69 Å². The normalized spacial score (nSPS) is 11.4. The second-order valence-corrected chi connectivity index (χ2v) is 5.88. The molecule has 0 aromatic heterocycles. The molecule has 18 heavy (non-hydrogen) atoms. The van der Waals surface area contributed by atoms with E-state index in [2.05, 4.69) is 5.32 Å². The largest absolute Gasteiger partial charge is 0.326 e. The highest BCUT2D eigenvalue weighted by atomic mass is 35.5. The topological polar surface area (TPSA) is 55.1 Å². The first-order valence-corrected chi connectivity index (χ1v) is 6.42. The van der Waals surface area contributed by atoms with Crippen molar-refractivity contribution in [3.05, 3.63) is 28.3 Å². The van der Waals surface area contributed by atoms with Gasteiger partial charge in [-0.25, -0.2) is 0 Å². The van der Waals surface area contributed by atoms with Crippen LogP contribution < -0.4 is 11.1 Å². The van der Waals surface area contributed by atoms with Crippen molar-refractivity contribution < 1.29 is 4.79 Å². The fourth-order valence-electron chi connectivity index (χ4n) is 1.71. The first kappa shape index (κ1) is 15.0.